The number of fused-ring (bicyclic) bond motifs is 1. The van der Waals surface area contributed by atoms with Crippen molar-refractivity contribution in [2.24, 2.45) is 0 Å². The fourth-order valence-corrected chi connectivity index (χ4v) is 3.23. The average molecular weight is 325 g/mol. The Hall–Kier alpha value is -2.73. The van der Waals surface area contributed by atoms with E-state index in [2.05, 4.69) is 17.4 Å². The highest BCUT2D eigenvalue weighted by molar-refractivity contribution is 5.92. The second-order valence-corrected chi connectivity index (χ2v) is 6.02. The highest BCUT2D eigenvalue weighted by Crippen LogP contribution is 2.34. The summed E-state index contributed by atoms with van der Waals surface area (Å²) in [6.45, 7) is 0.238. The van der Waals surface area contributed by atoms with Gasteiger partial charge in [0.1, 0.15) is 0 Å². The van der Waals surface area contributed by atoms with Crippen LogP contribution in [0.15, 0.2) is 48.5 Å². The lowest BCUT2D eigenvalue weighted by molar-refractivity contribution is -0.384. The third-order valence-electron chi connectivity index (χ3n) is 4.37. The van der Waals surface area contributed by atoms with Gasteiger partial charge in [0.15, 0.2) is 0 Å². The molecule has 6 nitrogen and oxygen atoms in total. The number of nitrogens with one attached hydrogen (secondary N) is 1. The Balaban J connectivity index is 1.63. The summed E-state index contributed by atoms with van der Waals surface area (Å²) in [7, 11) is 1.93. The minimum absolute atomic E-state index is 0.0362. The van der Waals surface area contributed by atoms with Crippen molar-refractivity contribution in [3.63, 3.8) is 0 Å². The Kier molecular flexibility index (Phi) is 4.57. The van der Waals surface area contributed by atoms with E-state index in [1.807, 2.05) is 24.1 Å². The van der Waals surface area contributed by atoms with E-state index in [-0.39, 0.29) is 24.2 Å². The van der Waals surface area contributed by atoms with Crippen LogP contribution in [0.1, 0.15) is 23.6 Å². The van der Waals surface area contributed by atoms with Gasteiger partial charge in [0.05, 0.1) is 11.5 Å². The van der Waals surface area contributed by atoms with E-state index in [0.29, 0.717) is 5.69 Å². The number of nitro groups is 1. The maximum Gasteiger partial charge on any atom is 0.271 e. The van der Waals surface area contributed by atoms with E-state index < -0.39 is 4.92 Å². The van der Waals surface area contributed by atoms with E-state index in [1.165, 1.54) is 23.3 Å². The second-order valence-electron chi connectivity index (χ2n) is 6.02. The largest absolute Gasteiger partial charge is 0.325 e. The Morgan fingerprint density at radius 3 is 2.88 bits per heavy atom. The summed E-state index contributed by atoms with van der Waals surface area (Å²) >= 11 is 0. The Labute approximate surface area is 140 Å². The van der Waals surface area contributed by atoms with Gasteiger partial charge in [0, 0.05) is 23.9 Å². The molecule has 0 radical (unpaired) electrons. The van der Waals surface area contributed by atoms with E-state index in [0.717, 1.165) is 12.8 Å². The Morgan fingerprint density at radius 1 is 1.29 bits per heavy atom. The third kappa shape index (κ3) is 3.44. The van der Waals surface area contributed by atoms with Gasteiger partial charge in [0.2, 0.25) is 5.91 Å². The van der Waals surface area contributed by atoms with Crippen molar-refractivity contribution in [1.82, 2.24) is 4.90 Å². The van der Waals surface area contributed by atoms with Gasteiger partial charge >= 0.3 is 0 Å². The van der Waals surface area contributed by atoms with Gasteiger partial charge in [-0.3, -0.25) is 19.8 Å². The number of carbonyl (C=O) groups is 1. The quantitative estimate of drug-likeness (QED) is 0.677. The van der Waals surface area contributed by atoms with E-state index in [4.69, 9.17) is 0 Å². The first-order valence-electron chi connectivity index (χ1n) is 7.87. The molecule has 2 aromatic carbocycles. The third-order valence-corrected chi connectivity index (χ3v) is 4.37. The van der Waals surface area contributed by atoms with E-state index in [1.54, 1.807) is 12.1 Å². The molecule has 0 heterocycles. The van der Waals surface area contributed by atoms with Crippen LogP contribution in [-0.4, -0.2) is 29.3 Å². The molecule has 0 aliphatic heterocycles. The zero-order valence-electron chi connectivity index (χ0n) is 13.4. The standard InChI is InChI=1S/C18H19N3O3/c1-20(17-10-9-13-5-2-3-8-16(13)17)12-18(22)19-14-6-4-7-15(11-14)21(23)24/h2-8,11,17H,9-10,12H2,1H3,(H,19,22)/t17-/m0/s1. The summed E-state index contributed by atoms with van der Waals surface area (Å²) in [5.74, 6) is -0.178. The number of carbonyl (C=O) groups excluding carboxylic acids is 1. The molecule has 0 spiro atoms. The number of hydrogen-bond donors (Lipinski definition) is 1. The molecule has 24 heavy (non-hydrogen) atoms. The van der Waals surface area contributed by atoms with Crippen molar-refractivity contribution in [1.29, 1.82) is 0 Å². The fraction of sp³-hybridized carbons (Fsp3) is 0.278. The maximum absolute atomic E-state index is 12.3. The van der Waals surface area contributed by atoms with Crippen molar-refractivity contribution in [3.8, 4) is 0 Å². The van der Waals surface area contributed by atoms with Gasteiger partial charge in [-0.2, -0.15) is 0 Å². The maximum atomic E-state index is 12.3. The molecule has 1 aliphatic carbocycles. The van der Waals surface area contributed by atoms with Crippen LogP contribution in [0, 0.1) is 10.1 Å². The molecule has 1 amide bonds. The number of hydrogen-bond acceptors (Lipinski definition) is 4. The second kappa shape index (κ2) is 6.80. The van der Waals surface area contributed by atoms with Crippen LogP contribution in [0.25, 0.3) is 0 Å². The highest BCUT2D eigenvalue weighted by atomic mass is 16.6. The molecule has 1 N–H and O–H groups in total. The molecule has 0 fully saturated rings. The molecule has 0 bridgehead atoms. The highest BCUT2D eigenvalue weighted by Gasteiger charge is 2.26. The minimum Gasteiger partial charge on any atom is -0.325 e. The van der Waals surface area contributed by atoms with Crippen LogP contribution in [0.5, 0.6) is 0 Å². The van der Waals surface area contributed by atoms with Crippen LogP contribution in [-0.2, 0) is 11.2 Å². The van der Waals surface area contributed by atoms with Gasteiger partial charge in [-0.25, -0.2) is 0 Å². The Morgan fingerprint density at radius 2 is 2.08 bits per heavy atom. The van der Waals surface area contributed by atoms with Gasteiger partial charge < -0.3 is 5.32 Å². The molecule has 1 atom stereocenters. The molecule has 0 saturated carbocycles. The van der Waals surface area contributed by atoms with Crippen molar-refractivity contribution in [2.45, 2.75) is 18.9 Å². The molecule has 1 aliphatic rings. The fourth-order valence-electron chi connectivity index (χ4n) is 3.23. The summed E-state index contributed by atoms with van der Waals surface area (Å²) in [5.41, 5.74) is 3.02. The summed E-state index contributed by atoms with van der Waals surface area (Å²) < 4.78 is 0. The number of nitrogens with zero attached hydrogens (tertiary/aromatic N) is 2. The zero-order chi connectivity index (χ0) is 17.1. The van der Waals surface area contributed by atoms with Crippen LogP contribution < -0.4 is 5.32 Å². The lowest BCUT2D eigenvalue weighted by Gasteiger charge is -2.24. The summed E-state index contributed by atoms with van der Waals surface area (Å²) in [6, 6.07) is 14.5. The van der Waals surface area contributed by atoms with E-state index in [9.17, 15) is 14.9 Å². The lowest BCUT2D eigenvalue weighted by Crippen LogP contribution is -2.32. The van der Waals surface area contributed by atoms with Crippen LogP contribution in [0.4, 0.5) is 11.4 Å². The van der Waals surface area contributed by atoms with Crippen molar-refractivity contribution in [2.75, 3.05) is 18.9 Å². The van der Waals surface area contributed by atoms with E-state index >= 15 is 0 Å². The monoisotopic (exact) mass is 325 g/mol. The van der Waals surface area contributed by atoms with Gasteiger partial charge in [-0.05, 0) is 37.1 Å². The smallest absolute Gasteiger partial charge is 0.271 e. The Bertz CT molecular complexity index is 776. The molecule has 6 heteroatoms. The van der Waals surface area contributed by atoms with Gasteiger partial charge in [-0.15, -0.1) is 0 Å². The number of aryl methyl sites for hydroxylation is 1. The molecule has 0 unspecified atom stereocenters. The molecule has 0 saturated heterocycles. The summed E-state index contributed by atoms with van der Waals surface area (Å²) in [5, 5.41) is 13.5. The summed E-state index contributed by atoms with van der Waals surface area (Å²) in [6.07, 6.45) is 2.03. The van der Waals surface area contributed by atoms with Gasteiger partial charge in [0.25, 0.3) is 5.69 Å². The predicted molar refractivity (Wildman–Crippen MR) is 91.9 cm³/mol. The van der Waals surface area contributed by atoms with Gasteiger partial charge in [-0.1, -0.05) is 30.3 Å². The molecule has 124 valence electrons. The van der Waals surface area contributed by atoms with Crippen LogP contribution in [0.3, 0.4) is 0 Å². The van der Waals surface area contributed by atoms with Crippen LogP contribution in [0.2, 0.25) is 0 Å². The number of benzene rings is 2. The van der Waals surface area contributed by atoms with Crippen molar-refractivity contribution < 1.29 is 9.72 Å². The average Bonchev–Trinajstić information content (AvgIpc) is 2.99. The van der Waals surface area contributed by atoms with Crippen LogP contribution >= 0.6 is 0 Å². The predicted octanol–water partition coefficient (Wildman–Crippen LogP) is 3.15. The number of anilines is 1. The van der Waals surface area contributed by atoms with Crippen molar-refractivity contribution >= 4 is 17.3 Å². The first kappa shape index (κ1) is 16.1. The number of amides is 1. The molecule has 2 aromatic rings. The topological polar surface area (TPSA) is 75.5 Å². The number of nitro benzene ring substituents is 1. The molecular formula is C18H19N3O3. The molecule has 0 aromatic heterocycles. The molecular weight excluding hydrogens is 306 g/mol. The summed E-state index contributed by atoms with van der Waals surface area (Å²) in [4.78, 5) is 24.6. The number of non-ortho nitro benzene ring substituents is 1. The first-order valence-corrected chi connectivity index (χ1v) is 7.87. The zero-order valence-corrected chi connectivity index (χ0v) is 13.4. The molecule has 3 rings (SSSR count). The number of likely N-dealkylation sites (N-methyl/N-ethyl adjacent to an activating group) is 1. The SMILES string of the molecule is CN(CC(=O)Nc1cccc([N+](=O)[O-])c1)[C@H]1CCc2ccccc21. The normalized spacial score (nSPS) is 16.0. The first-order chi connectivity index (χ1) is 11.5. The lowest BCUT2D eigenvalue weighted by atomic mass is 10.1. The minimum atomic E-state index is -0.475. The number of rotatable bonds is 5. The van der Waals surface area contributed by atoms with Crippen molar-refractivity contribution in [3.05, 3.63) is 69.8 Å².